The third-order valence-corrected chi connectivity index (χ3v) is 1.96. The molecule has 0 amide bonds. The molecular formula is C10H6F3NO2. The molecule has 1 rings (SSSR count). The zero-order valence-corrected chi connectivity index (χ0v) is 8.09. The number of carbonyl (C=O) groups excluding carboxylic acids is 1. The van der Waals surface area contributed by atoms with Crippen LogP contribution in [0.15, 0.2) is 12.1 Å². The molecule has 6 heteroatoms. The van der Waals surface area contributed by atoms with Crippen LogP contribution in [0.2, 0.25) is 0 Å². The Hall–Kier alpha value is -2.03. The molecule has 0 heterocycles. The first-order chi connectivity index (χ1) is 7.29. The topological polar surface area (TPSA) is 61.1 Å². The molecule has 0 aromatic heterocycles. The fraction of sp³-hybridized carbons (Fsp3) is 0.200. The van der Waals surface area contributed by atoms with E-state index >= 15 is 0 Å². The lowest BCUT2D eigenvalue weighted by molar-refractivity contribution is -0.139. The van der Waals surface area contributed by atoms with E-state index in [9.17, 15) is 23.1 Å². The number of aromatic hydroxyl groups is 1. The molecule has 1 aromatic rings. The minimum atomic E-state index is -4.87. The number of nitriles is 1. The van der Waals surface area contributed by atoms with Crippen LogP contribution in [0.5, 0.6) is 5.75 Å². The van der Waals surface area contributed by atoms with E-state index in [1.165, 1.54) is 6.07 Å². The van der Waals surface area contributed by atoms with Crippen molar-refractivity contribution in [1.82, 2.24) is 0 Å². The van der Waals surface area contributed by atoms with E-state index in [1.54, 1.807) is 0 Å². The molecule has 0 spiro atoms. The smallest absolute Gasteiger partial charge is 0.421 e. The highest BCUT2D eigenvalue weighted by molar-refractivity contribution is 5.97. The molecule has 0 radical (unpaired) electrons. The van der Waals surface area contributed by atoms with Gasteiger partial charge in [-0.05, 0) is 19.1 Å². The van der Waals surface area contributed by atoms with Gasteiger partial charge in [-0.25, -0.2) is 0 Å². The van der Waals surface area contributed by atoms with Crippen LogP contribution in [-0.2, 0) is 6.18 Å². The maximum Gasteiger partial charge on any atom is 0.421 e. The SMILES string of the molecule is CC(=O)c1ccc(C#N)c(C(F)(F)F)c1O. The van der Waals surface area contributed by atoms with E-state index in [0.717, 1.165) is 19.1 Å². The van der Waals surface area contributed by atoms with Crippen LogP contribution in [0.25, 0.3) is 0 Å². The lowest BCUT2D eigenvalue weighted by Gasteiger charge is -2.12. The molecule has 0 unspecified atom stereocenters. The zero-order chi connectivity index (χ0) is 12.5. The van der Waals surface area contributed by atoms with Gasteiger partial charge in [0.2, 0.25) is 0 Å². The number of phenols is 1. The molecule has 16 heavy (non-hydrogen) atoms. The third-order valence-electron chi connectivity index (χ3n) is 1.96. The second-order valence-electron chi connectivity index (χ2n) is 3.05. The Morgan fingerprint density at radius 1 is 1.44 bits per heavy atom. The van der Waals surface area contributed by atoms with Crippen molar-refractivity contribution in [2.75, 3.05) is 0 Å². The van der Waals surface area contributed by atoms with Crippen LogP contribution in [0.1, 0.15) is 28.4 Å². The van der Waals surface area contributed by atoms with E-state index in [2.05, 4.69) is 0 Å². The molecule has 0 bridgehead atoms. The van der Waals surface area contributed by atoms with Crippen molar-refractivity contribution >= 4 is 5.78 Å². The van der Waals surface area contributed by atoms with Gasteiger partial charge in [0, 0.05) is 0 Å². The van der Waals surface area contributed by atoms with Gasteiger partial charge in [-0.1, -0.05) is 0 Å². The number of carbonyl (C=O) groups is 1. The maximum absolute atomic E-state index is 12.5. The molecule has 0 saturated heterocycles. The number of alkyl halides is 3. The van der Waals surface area contributed by atoms with Gasteiger partial charge in [0.1, 0.15) is 11.3 Å². The number of benzene rings is 1. The van der Waals surface area contributed by atoms with E-state index in [-0.39, 0.29) is 0 Å². The van der Waals surface area contributed by atoms with Crippen molar-refractivity contribution < 1.29 is 23.1 Å². The Labute approximate surface area is 88.7 Å². The third kappa shape index (κ3) is 1.98. The van der Waals surface area contributed by atoms with E-state index in [4.69, 9.17) is 5.26 Å². The summed E-state index contributed by atoms with van der Waals surface area (Å²) in [6, 6.07) is 3.17. The summed E-state index contributed by atoms with van der Waals surface area (Å²) in [5, 5.41) is 17.8. The normalized spacial score (nSPS) is 10.9. The van der Waals surface area contributed by atoms with E-state index < -0.39 is 34.4 Å². The van der Waals surface area contributed by atoms with E-state index in [0.29, 0.717) is 0 Å². The Bertz CT molecular complexity index is 486. The molecule has 0 atom stereocenters. The van der Waals surface area contributed by atoms with Crippen molar-refractivity contribution in [3.63, 3.8) is 0 Å². The minimum absolute atomic E-state index is 0.452. The molecule has 0 saturated carbocycles. The van der Waals surface area contributed by atoms with Crippen molar-refractivity contribution in [1.29, 1.82) is 5.26 Å². The van der Waals surface area contributed by atoms with Gasteiger partial charge in [-0.2, -0.15) is 18.4 Å². The van der Waals surface area contributed by atoms with Gasteiger partial charge in [-0.3, -0.25) is 4.79 Å². The summed E-state index contributed by atoms with van der Waals surface area (Å²) in [7, 11) is 0. The standard InChI is InChI=1S/C10H6F3NO2/c1-5(15)7-3-2-6(4-14)8(9(7)16)10(11,12)13/h2-3,16H,1H3. The molecule has 0 aliphatic heterocycles. The summed E-state index contributed by atoms with van der Waals surface area (Å²) >= 11 is 0. The fourth-order valence-corrected chi connectivity index (χ4v) is 1.26. The Morgan fingerprint density at radius 3 is 2.38 bits per heavy atom. The average molecular weight is 229 g/mol. The summed E-state index contributed by atoms with van der Waals surface area (Å²) in [5.41, 5.74) is -2.64. The number of nitrogens with zero attached hydrogens (tertiary/aromatic N) is 1. The van der Waals surface area contributed by atoms with Crippen molar-refractivity contribution in [2.45, 2.75) is 13.1 Å². The highest BCUT2D eigenvalue weighted by atomic mass is 19.4. The Morgan fingerprint density at radius 2 is 2.00 bits per heavy atom. The largest absolute Gasteiger partial charge is 0.507 e. The number of hydrogen-bond acceptors (Lipinski definition) is 3. The lowest BCUT2D eigenvalue weighted by atomic mass is 10.0. The number of hydrogen-bond donors (Lipinski definition) is 1. The molecule has 0 fully saturated rings. The second-order valence-corrected chi connectivity index (χ2v) is 3.05. The van der Waals surface area contributed by atoms with Gasteiger partial charge >= 0.3 is 6.18 Å². The number of ketones is 1. The first kappa shape index (κ1) is 12.0. The van der Waals surface area contributed by atoms with Gasteiger partial charge in [-0.15, -0.1) is 0 Å². The molecule has 84 valence electrons. The Balaban J connectivity index is 3.62. The number of phenolic OH excluding ortho intramolecular Hbond substituents is 1. The number of Topliss-reactive ketones (excluding diaryl/α,β-unsaturated/α-hetero) is 1. The second kappa shape index (κ2) is 3.85. The summed E-state index contributed by atoms with van der Waals surface area (Å²) in [6.07, 6.45) is -4.87. The summed E-state index contributed by atoms with van der Waals surface area (Å²) < 4.78 is 37.6. The predicted molar refractivity (Wildman–Crippen MR) is 47.8 cm³/mol. The molecule has 1 aromatic carbocycles. The minimum Gasteiger partial charge on any atom is -0.507 e. The number of halogens is 3. The Kier molecular flexibility index (Phi) is 2.90. The van der Waals surface area contributed by atoms with Crippen molar-refractivity contribution in [3.05, 3.63) is 28.8 Å². The van der Waals surface area contributed by atoms with Crippen LogP contribution in [0.4, 0.5) is 13.2 Å². The number of rotatable bonds is 1. The quantitative estimate of drug-likeness (QED) is 0.752. The van der Waals surface area contributed by atoms with Gasteiger partial charge in [0.25, 0.3) is 0 Å². The molecule has 3 nitrogen and oxygen atoms in total. The van der Waals surface area contributed by atoms with Crippen molar-refractivity contribution in [3.8, 4) is 11.8 Å². The van der Waals surface area contributed by atoms with Gasteiger partial charge < -0.3 is 5.11 Å². The highest BCUT2D eigenvalue weighted by Crippen LogP contribution is 2.39. The predicted octanol–water partition coefficient (Wildman–Crippen LogP) is 2.49. The van der Waals surface area contributed by atoms with Crippen LogP contribution < -0.4 is 0 Å². The molecular weight excluding hydrogens is 223 g/mol. The first-order valence-corrected chi connectivity index (χ1v) is 4.13. The average Bonchev–Trinajstić information content (AvgIpc) is 2.14. The van der Waals surface area contributed by atoms with Crippen LogP contribution in [-0.4, -0.2) is 10.9 Å². The van der Waals surface area contributed by atoms with E-state index in [1.807, 2.05) is 0 Å². The van der Waals surface area contributed by atoms with Crippen LogP contribution in [0, 0.1) is 11.3 Å². The first-order valence-electron chi connectivity index (χ1n) is 4.13. The fourth-order valence-electron chi connectivity index (χ4n) is 1.26. The molecule has 0 aliphatic rings. The summed E-state index contributed by atoms with van der Waals surface area (Å²) in [5.74, 6) is -1.90. The van der Waals surface area contributed by atoms with Gasteiger partial charge in [0.05, 0.1) is 17.2 Å². The van der Waals surface area contributed by atoms with Crippen LogP contribution in [0.3, 0.4) is 0 Å². The van der Waals surface area contributed by atoms with Crippen LogP contribution >= 0.6 is 0 Å². The monoisotopic (exact) mass is 229 g/mol. The maximum atomic E-state index is 12.5. The lowest BCUT2D eigenvalue weighted by Crippen LogP contribution is -2.10. The molecule has 0 aliphatic carbocycles. The molecule has 1 N–H and O–H groups in total. The highest BCUT2D eigenvalue weighted by Gasteiger charge is 2.38. The summed E-state index contributed by atoms with van der Waals surface area (Å²) in [6.45, 7) is 1.03. The van der Waals surface area contributed by atoms with Crippen molar-refractivity contribution in [2.24, 2.45) is 0 Å². The zero-order valence-electron chi connectivity index (χ0n) is 8.09. The summed E-state index contributed by atoms with van der Waals surface area (Å²) in [4.78, 5) is 10.9. The van der Waals surface area contributed by atoms with Gasteiger partial charge in [0.15, 0.2) is 5.78 Å².